The van der Waals surface area contributed by atoms with Gasteiger partial charge in [0.25, 0.3) is 5.91 Å². The zero-order valence-corrected chi connectivity index (χ0v) is 13.5. The highest BCUT2D eigenvalue weighted by Gasteiger charge is 2.07. The lowest BCUT2D eigenvalue weighted by Crippen LogP contribution is -2.18. The molecule has 0 spiro atoms. The van der Waals surface area contributed by atoms with E-state index in [0.717, 1.165) is 27.8 Å². The van der Waals surface area contributed by atoms with E-state index in [2.05, 4.69) is 26.5 Å². The van der Waals surface area contributed by atoms with Gasteiger partial charge in [0.1, 0.15) is 0 Å². The molecule has 0 unspecified atom stereocenters. The zero-order valence-electron chi connectivity index (χ0n) is 11.9. The molecule has 2 N–H and O–H groups in total. The number of benzene rings is 2. The van der Waals surface area contributed by atoms with Crippen molar-refractivity contribution in [3.63, 3.8) is 0 Å². The van der Waals surface area contributed by atoms with Crippen molar-refractivity contribution in [1.29, 1.82) is 0 Å². The first-order valence-corrected chi connectivity index (χ1v) is 7.45. The number of halogens is 1. The predicted molar refractivity (Wildman–Crippen MR) is 91.1 cm³/mol. The number of hydrogen-bond donors (Lipinski definition) is 2. The van der Waals surface area contributed by atoms with Crippen LogP contribution in [0.5, 0.6) is 0 Å². The molecule has 0 aliphatic rings. The van der Waals surface area contributed by atoms with Crippen molar-refractivity contribution in [1.82, 2.24) is 5.43 Å². The third-order valence-corrected chi connectivity index (χ3v) is 3.35. The first-order valence-electron chi connectivity index (χ1n) is 6.66. The fourth-order valence-electron chi connectivity index (χ4n) is 1.79. The second-order valence-corrected chi connectivity index (χ2v) is 5.40. The van der Waals surface area contributed by atoms with Crippen LogP contribution in [0.15, 0.2) is 76.3 Å². The molecule has 0 heterocycles. The summed E-state index contributed by atoms with van der Waals surface area (Å²) in [6, 6.07) is 16.9. The number of amides is 1. The largest absolute Gasteiger partial charge is 0.478 e. The Morgan fingerprint density at radius 2 is 1.57 bits per heavy atom. The van der Waals surface area contributed by atoms with E-state index in [4.69, 9.17) is 5.11 Å². The minimum Gasteiger partial charge on any atom is -0.478 e. The molecule has 23 heavy (non-hydrogen) atoms. The summed E-state index contributed by atoms with van der Waals surface area (Å²) in [5.74, 6) is -1.81. The first-order chi connectivity index (χ1) is 11.1. The molecule has 116 valence electrons. The average molecular weight is 373 g/mol. The number of rotatable bonds is 5. The Labute approximate surface area is 141 Å². The highest BCUT2D eigenvalue weighted by atomic mass is 79.9. The third kappa shape index (κ3) is 5.19. The van der Waals surface area contributed by atoms with Gasteiger partial charge in [-0.2, -0.15) is 5.10 Å². The first kappa shape index (κ1) is 16.6. The molecule has 0 saturated heterocycles. The van der Waals surface area contributed by atoms with Crippen LogP contribution in [0.25, 0.3) is 0 Å². The average Bonchev–Trinajstić information content (AvgIpc) is 2.55. The number of carbonyl (C=O) groups is 2. The highest BCUT2D eigenvalue weighted by molar-refractivity contribution is 9.10. The van der Waals surface area contributed by atoms with Crippen molar-refractivity contribution in [2.24, 2.45) is 5.10 Å². The lowest BCUT2D eigenvalue weighted by molar-refractivity contribution is -0.131. The topological polar surface area (TPSA) is 78.8 Å². The van der Waals surface area contributed by atoms with Crippen LogP contribution in [0, 0.1) is 0 Å². The van der Waals surface area contributed by atoms with Crippen LogP contribution in [0.1, 0.15) is 11.1 Å². The number of nitrogens with one attached hydrogen (secondary N) is 1. The smallest absolute Gasteiger partial charge is 0.328 e. The van der Waals surface area contributed by atoms with Crippen molar-refractivity contribution in [2.45, 2.75) is 0 Å². The van der Waals surface area contributed by atoms with E-state index in [1.807, 2.05) is 54.6 Å². The fraction of sp³-hybridized carbons (Fsp3) is 0. The van der Waals surface area contributed by atoms with Gasteiger partial charge in [0.15, 0.2) is 0 Å². The van der Waals surface area contributed by atoms with Crippen LogP contribution in [-0.2, 0) is 9.59 Å². The molecule has 0 bridgehead atoms. The maximum atomic E-state index is 11.6. The minimum absolute atomic E-state index is 0.579. The van der Waals surface area contributed by atoms with Gasteiger partial charge in [-0.1, -0.05) is 58.4 Å². The van der Waals surface area contributed by atoms with E-state index in [1.54, 1.807) is 0 Å². The van der Waals surface area contributed by atoms with Gasteiger partial charge < -0.3 is 5.11 Å². The van der Waals surface area contributed by atoms with Crippen LogP contribution in [-0.4, -0.2) is 22.7 Å². The van der Waals surface area contributed by atoms with Gasteiger partial charge in [0, 0.05) is 27.8 Å². The minimum atomic E-state index is -1.19. The molecule has 6 heteroatoms. The van der Waals surface area contributed by atoms with E-state index >= 15 is 0 Å². The number of carbonyl (C=O) groups excluding carboxylic acids is 1. The molecule has 0 aliphatic heterocycles. The monoisotopic (exact) mass is 372 g/mol. The summed E-state index contributed by atoms with van der Waals surface area (Å²) in [7, 11) is 0. The van der Waals surface area contributed by atoms with Crippen LogP contribution < -0.4 is 5.43 Å². The molecule has 2 aromatic rings. The van der Waals surface area contributed by atoms with Crippen molar-refractivity contribution in [3.05, 3.63) is 82.3 Å². The molecule has 1 amide bonds. The van der Waals surface area contributed by atoms with Gasteiger partial charge in [0.2, 0.25) is 0 Å². The SMILES string of the molecule is O=C(O)/C=C\C(=O)N/N=C(/c1ccccc1)c1ccc(Br)cc1. The fourth-order valence-corrected chi connectivity index (χ4v) is 2.06. The number of hydrazone groups is 1. The Hall–Kier alpha value is -2.73. The number of aliphatic carboxylic acids is 1. The van der Waals surface area contributed by atoms with Crippen molar-refractivity contribution >= 4 is 33.5 Å². The molecule has 2 rings (SSSR count). The molecular weight excluding hydrogens is 360 g/mol. The van der Waals surface area contributed by atoms with Gasteiger partial charge in [-0.25, -0.2) is 10.2 Å². The molecule has 0 fully saturated rings. The normalized spacial score (nSPS) is 11.4. The van der Waals surface area contributed by atoms with Crippen molar-refractivity contribution in [3.8, 4) is 0 Å². The Morgan fingerprint density at radius 3 is 2.17 bits per heavy atom. The molecule has 0 saturated carbocycles. The maximum absolute atomic E-state index is 11.6. The summed E-state index contributed by atoms with van der Waals surface area (Å²) in [5.41, 5.74) is 4.57. The molecule has 2 aromatic carbocycles. The summed E-state index contributed by atoms with van der Waals surface area (Å²) in [4.78, 5) is 22.0. The van der Waals surface area contributed by atoms with E-state index in [1.165, 1.54) is 0 Å². The van der Waals surface area contributed by atoms with Crippen LogP contribution in [0.2, 0.25) is 0 Å². The number of carboxylic acids is 1. The summed E-state index contributed by atoms with van der Waals surface area (Å²) in [5, 5.41) is 12.6. The summed E-state index contributed by atoms with van der Waals surface area (Å²) in [6.07, 6.45) is 1.67. The molecule has 0 aromatic heterocycles. The maximum Gasteiger partial charge on any atom is 0.328 e. The van der Waals surface area contributed by atoms with E-state index in [9.17, 15) is 9.59 Å². The summed E-state index contributed by atoms with van der Waals surface area (Å²) >= 11 is 3.37. The Bertz CT molecular complexity index is 753. The Morgan fingerprint density at radius 1 is 0.957 bits per heavy atom. The van der Waals surface area contributed by atoms with Crippen LogP contribution >= 0.6 is 15.9 Å². The van der Waals surface area contributed by atoms with Gasteiger partial charge >= 0.3 is 5.97 Å². The Kier molecular flexibility index (Phi) is 5.82. The second kappa shape index (κ2) is 8.05. The van der Waals surface area contributed by atoms with Gasteiger partial charge in [-0.05, 0) is 12.1 Å². The lowest BCUT2D eigenvalue weighted by Gasteiger charge is -2.07. The predicted octanol–water partition coefficient (Wildman–Crippen LogP) is 2.96. The van der Waals surface area contributed by atoms with E-state index in [0.29, 0.717) is 5.71 Å². The van der Waals surface area contributed by atoms with Crippen molar-refractivity contribution < 1.29 is 14.7 Å². The van der Waals surface area contributed by atoms with Crippen LogP contribution in [0.3, 0.4) is 0 Å². The van der Waals surface area contributed by atoms with Gasteiger partial charge in [0.05, 0.1) is 5.71 Å². The standard InChI is InChI=1S/C17H13BrN2O3/c18-14-8-6-13(7-9-14)17(12-4-2-1-3-5-12)20-19-15(21)10-11-16(22)23/h1-11H,(H,19,21)(H,22,23)/b11-10-,20-17-. The van der Waals surface area contributed by atoms with E-state index in [-0.39, 0.29) is 0 Å². The van der Waals surface area contributed by atoms with Gasteiger partial charge in [-0.15, -0.1) is 0 Å². The van der Waals surface area contributed by atoms with Crippen molar-refractivity contribution in [2.75, 3.05) is 0 Å². The number of hydrogen-bond acceptors (Lipinski definition) is 3. The van der Waals surface area contributed by atoms with Crippen LogP contribution in [0.4, 0.5) is 0 Å². The zero-order chi connectivity index (χ0) is 16.7. The molecule has 0 aliphatic carbocycles. The highest BCUT2D eigenvalue weighted by Crippen LogP contribution is 2.15. The third-order valence-electron chi connectivity index (χ3n) is 2.82. The molecule has 0 atom stereocenters. The lowest BCUT2D eigenvalue weighted by atomic mass is 10.0. The second-order valence-electron chi connectivity index (χ2n) is 4.48. The molecule has 5 nitrogen and oxygen atoms in total. The quantitative estimate of drug-likeness (QED) is 0.481. The number of nitrogens with zero attached hydrogens (tertiary/aromatic N) is 1. The summed E-state index contributed by atoms with van der Waals surface area (Å²) < 4.78 is 0.932. The Balaban J connectivity index is 2.30. The molecule has 0 radical (unpaired) electrons. The van der Waals surface area contributed by atoms with Gasteiger partial charge in [-0.3, -0.25) is 4.79 Å². The number of carboxylic acid groups (broad SMARTS) is 1. The van der Waals surface area contributed by atoms with E-state index < -0.39 is 11.9 Å². The summed E-state index contributed by atoms with van der Waals surface area (Å²) in [6.45, 7) is 0. The molecular formula is C17H13BrN2O3.